The van der Waals surface area contributed by atoms with Crippen LogP contribution in [0.4, 0.5) is 4.39 Å². The van der Waals surface area contributed by atoms with Crippen LogP contribution in [0.5, 0.6) is 0 Å². The van der Waals surface area contributed by atoms with E-state index in [1.54, 1.807) is 12.1 Å². The molecule has 2 aromatic rings. The molecular weight excluding hydrogens is 319 g/mol. The standard InChI is InChI=1S/C19H25FN4O/c1-14(15-3-5-18(20)6-4-15)22-19(25)13-24-9-7-16(8-10-24)17-11-21-23(2)12-17/h3-6,11-12,14,16H,7-10,13H2,1-2H3,(H,22,25). The zero-order valence-electron chi connectivity index (χ0n) is 14.8. The van der Waals surface area contributed by atoms with Crippen molar-refractivity contribution in [3.63, 3.8) is 0 Å². The number of hydrogen-bond donors (Lipinski definition) is 1. The van der Waals surface area contributed by atoms with Gasteiger partial charge in [0.25, 0.3) is 0 Å². The number of benzene rings is 1. The van der Waals surface area contributed by atoms with Gasteiger partial charge in [-0.05, 0) is 62.0 Å². The van der Waals surface area contributed by atoms with Crippen LogP contribution in [0.25, 0.3) is 0 Å². The van der Waals surface area contributed by atoms with Crippen molar-refractivity contribution in [2.75, 3.05) is 19.6 Å². The molecule has 0 saturated carbocycles. The Hall–Kier alpha value is -2.21. The summed E-state index contributed by atoms with van der Waals surface area (Å²) >= 11 is 0. The summed E-state index contributed by atoms with van der Waals surface area (Å²) in [6, 6.07) is 6.13. The molecule has 5 nitrogen and oxygen atoms in total. The maximum atomic E-state index is 13.0. The van der Waals surface area contributed by atoms with E-state index in [2.05, 4.69) is 21.5 Å². The molecule has 2 heterocycles. The summed E-state index contributed by atoms with van der Waals surface area (Å²) in [5, 5.41) is 7.23. The van der Waals surface area contributed by atoms with E-state index in [9.17, 15) is 9.18 Å². The number of likely N-dealkylation sites (tertiary alicyclic amines) is 1. The number of aryl methyl sites for hydroxylation is 1. The van der Waals surface area contributed by atoms with Gasteiger partial charge in [0.2, 0.25) is 5.91 Å². The van der Waals surface area contributed by atoms with Gasteiger partial charge in [-0.25, -0.2) is 4.39 Å². The summed E-state index contributed by atoms with van der Waals surface area (Å²) in [6.45, 7) is 4.15. The summed E-state index contributed by atoms with van der Waals surface area (Å²) in [6.07, 6.45) is 6.12. The normalized spacial score (nSPS) is 17.4. The smallest absolute Gasteiger partial charge is 0.234 e. The first-order valence-electron chi connectivity index (χ1n) is 8.77. The number of hydrogen-bond acceptors (Lipinski definition) is 3. The van der Waals surface area contributed by atoms with Crippen LogP contribution in [-0.2, 0) is 11.8 Å². The van der Waals surface area contributed by atoms with E-state index >= 15 is 0 Å². The number of rotatable bonds is 5. The van der Waals surface area contributed by atoms with Gasteiger partial charge >= 0.3 is 0 Å². The summed E-state index contributed by atoms with van der Waals surface area (Å²) in [4.78, 5) is 14.5. The van der Waals surface area contributed by atoms with Crippen LogP contribution in [0.2, 0.25) is 0 Å². The molecule has 1 fully saturated rings. The van der Waals surface area contributed by atoms with E-state index < -0.39 is 0 Å². The maximum Gasteiger partial charge on any atom is 0.234 e. The fraction of sp³-hybridized carbons (Fsp3) is 0.474. The van der Waals surface area contributed by atoms with Crippen LogP contribution in [0.3, 0.4) is 0 Å². The average Bonchev–Trinajstić information content (AvgIpc) is 3.02. The molecule has 1 N–H and O–H groups in total. The van der Waals surface area contributed by atoms with Gasteiger partial charge in [0.1, 0.15) is 5.82 Å². The van der Waals surface area contributed by atoms with Gasteiger partial charge in [0.05, 0.1) is 18.8 Å². The fourth-order valence-corrected chi connectivity index (χ4v) is 3.40. The molecule has 0 spiro atoms. The molecule has 134 valence electrons. The number of carbonyl (C=O) groups is 1. The highest BCUT2D eigenvalue weighted by Gasteiger charge is 2.23. The Morgan fingerprint density at radius 3 is 2.60 bits per heavy atom. The van der Waals surface area contributed by atoms with Crippen LogP contribution in [0.1, 0.15) is 42.9 Å². The highest BCUT2D eigenvalue weighted by Crippen LogP contribution is 2.27. The number of amides is 1. The molecule has 1 unspecified atom stereocenters. The van der Waals surface area contributed by atoms with E-state index in [1.165, 1.54) is 17.7 Å². The molecule has 0 radical (unpaired) electrons. The van der Waals surface area contributed by atoms with Crippen molar-refractivity contribution in [3.8, 4) is 0 Å². The monoisotopic (exact) mass is 344 g/mol. The quantitative estimate of drug-likeness (QED) is 0.907. The van der Waals surface area contributed by atoms with Gasteiger partial charge in [-0.15, -0.1) is 0 Å². The first-order chi connectivity index (χ1) is 12.0. The predicted octanol–water partition coefficient (Wildman–Crippen LogP) is 2.62. The first kappa shape index (κ1) is 17.6. The van der Waals surface area contributed by atoms with Crippen LogP contribution < -0.4 is 5.32 Å². The lowest BCUT2D eigenvalue weighted by molar-refractivity contribution is -0.123. The molecular formula is C19H25FN4O. The Balaban J connectivity index is 1.45. The Morgan fingerprint density at radius 1 is 1.32 bits per heavy atom. The van der Waals surface area contributed by atoms with Crippen LogP contribution >= 0.6 is 0 Å². The molecule has 0 aliphatic carbocycles. The molecule has 1 saturated heterocycles. The highest BCUT2D eigenvalue weighted by molar-refractivity contribution is 5.78. The average molecular weight is 344 g/mol. The van der Waals surface area contributed by atoms with Gasteiger partial charge in [-0.2, -0.15) is 5.10 Å². The van der Waals surface area contributed by atoms with Crippen molar-refractivity contribution in [2.24, 2.45) is 7.05 Å². The first-order valence-corrected chi connectivity index (χ1v) is 8.77. The topological polar surface area (TPSA) is 50.2 Å². The molecule has 1 aromatic heterocycles. The summed E-state index contributed by atoms with van der Waals surface area (Å²) < 4.78 is 14.8. The predicted molar refractivity (Wildman–Crippen MR) is 94.6 cm³/mol. The van der Waals surface area contributed by atoms with Gasteiger partial charge < -0.3 is 5.32 Å². The highest BCUT2D eigenvalue weighted by atomic mass is 19.1. The number of piperidine rings is 1. The van der Waals surface area contributed by atoms with E-state index in [-0.39, 0.29) is 17.8 Å². The summed E-state index contributed by atoms with van der Waals surface area (Å²) in [7, 11) is 1.94. The van der Waals surface area contributed by atoms with E-state index in [1.807, 2.05) is 24.9 Å². The SMILES string of the molecule is CC(NC(=O)CN1CCC(c2cnn(C)c2)CC1)c1ccc(F)cc1. The van der Waals surface area contributed by atoms with Crippen molar-refractivity contribution >= 4 is 5.91 Å². The largest absolute Gasteiger partial charge is 0.348 e. The second kappa shape index (κ2) is 7.78. The molecule has 0 bridgehead atoms. The second-order valence-electron chi connectivity index (χ2n) is 6.84. The molecule has 1 atom stereocenters. The van der Waals surface area contributed by atoms with Crippen LogP contribution in [0, 0.1) is 5.82 Å². The minimum Gasteiger partial charge on any atom is -0.348 e. The Labute approximate surface area is 147 Å². The summed E-state index contributed by atoms with van der Waals surface area (Å²) in [5.41, 5.74) is 2.20. The number of nitrogens with zero attached hydrogens (tertiary/aromatic N) is 3. The van der Waals surface area contributed by atoms with E-state index in [0.717, 1.165) is 31.5 Å². The molecule has 25 heavy (non-hydrogen) atoms. The lowest BCUT2D eigenvalue weighted by Gasteiger charge is -2.31. The number of nitrogens with one attached hydrogen (secondary N) is 1. The molecule has 3 rings (SSSR count). The van der Waals surface area contributed by atoms with Gasteiger partial charge in [0.15, 0.2) is 0 Å². The molecule has 1 aromatic carbocycles. The van der Waals surface area contributed by atoms with Gasteiger partial charge in [-0.1, -0.05) is 12.1 Å². The van der Waals surface area contributed by atoms with E-state index in [4.69, 9.17) is 0 Å². The Morgan fingerprint density at radius 2 is 2.00 bits per heavy atom. The van der Waals surface area contributed by atoms with E-state index in [0.29, 0.717) is 12.5 Å². The zero-order chi connectivity index (χ0) is 17.8. The fourth-order valence-electron chi connectivity index (χ4n) is 3.40. The third-order valence-corrected chi connectivity index (χ3v) is 4.90. The Kier molecular flexibility index (Phi) is 5.48. The minimum atomic E-state index is -0.265. The third kappa shape index (κ3) is 4.66. The van der Waals surface area contributed by atoms with Crippen molar-refractivity contribution in [1.82, 2.24) is 20.0 Å². The molecule has 6 heteroatoms. The summed E-state index contributed by atoms with van der Waals surface area (Å²) in [5.74, 6) is 0.279. The van der Waals surface area contributed by atoms with Crippen molar-refractivity contribution in [2.45, 2.75) is 31.7 Å². The lowest BCUT2D eigenvalue weighted by atomic mass is 9.91. The molecule has 1 amide bonds. The van der Waals surface area contributed by atoms with Crippen molar-refractivity contribution in [1.29, 1.82) is 0 Å². The second-order valence-corrected chi connectivity index (χ2v) is 6.84. The van der Waals surface area contributed by atoms with Crippen molar-refractivity contribution < 1.29 is 9.18 Å². The number of carbonyl (C=O) groups excluding carboxylic acids is 1. The van der Waals surface area contributed by atoms with Gasteiger partial charge in [-0.3, -0.25) is 14.4 Å². The third-order valence-electron chi connectivity index (χ3n) is 4.90. The molecule has 1 aliphatic heterocycles. The number of aromatic nitrogens is 2. The number of halogens is 1. The minimum absolute atomic E-state index is 0.0108. The zero-order valence-corrected chi connectivity index (χ0v) is 14.8. The Bertz CT molecular complexity index is 704. The van der Waals surface area contributed by atoms with Crippen LogP contribution in [-0.4, -0.2) is 40.2 Å². The van der Waals surface area contributed by atoms with Crippen LogP contribution in [0.15, 0.2) is 36.7 Å². The lowest BCUT2D eigenvalue weighted by Crippen LogP contribution is -2.41. The van der Waals surface area contributed by atoms with Crippen molar-refractivity contribution in [3.05, 3.63) is 53.6 Å². The van der Waals surface area contributed by atoms with Gasteiger partial charge in [0, 0.05) is 13.2 Å². The maximum absolute atomic E-state index is 13.0. The molecule has 1 aliphatic rings.